The second kappa shape index (κ2) is 5.33. The molecule has 8 nitrogen and oxygen atoms in total. The number of aryl methyl sites for hydroxylation is 1. The van der Waals surface area contributed by atoms with E-state index >= 15 is 0 Å². The van der Waals surface area contributed by atoms with Gasteiger partial charge >= 0.3 is 0 Å². The first kappa shape index (κ1) is 14.9. The van der Waals surface area contributed by atoms with Crippen molar-refractivity contribution in [1.29, 1.82) is 0 Å². The summed E-state index contributed by atoms with van der Waals surface area (Å²) >= 11 is 0. The van der Waals surface area contributed by atoms with Crippen LogP contribution in [0, 0.1) is 6.92 Å². The Kier molecular flexibility index (Phi) is 3.61. The third-order valence-corrected chi connectivity index (χ3v) is 5.57. The summed E-state index contributed by atoms with van der Waals surface area (Å²) in [5, 5.41) is 6.25. The number of H-pyrrole nitrogens is 1. The molecular weight excluding hydrogens is 304 g/mol. The normalized spacial score (nSPS) is 19.0. The minimum Gasteiger partial charge on any atom is -0.363 e. The number of sulfonamides is 1. The molecule has 0 bridgehead atoms. The Bertz CT molecular complexity index is 772. The summed E-state index contributed by atoms with van der Waals surface area (Å²) < 4.78 is 26.6. The van der Waals surface area contributed by atoms with E-state index in [9.17, 15) is 8.42 Å². The molecule has 0 aliphatic carbocycles. The maximum Gasteiger partial charge on any atom is 0.246 e. The van der Waals surface area contributed by atoms with Crippen LogP contribution in [0.15, 0.2) is 23.4 Å². The maximum absolute atomic E-state index is 12.6. The fourth-order valence-corrected chi connectivity index (χ4v) is 3.99. The molecule has 0 spiro atoms. The van der Waals surface area contributed by atoms with E-state index in [1.807, 2.05) is 32.0 Å². The second-order valence-electron chi connectivity index (χ2n) is 5.45. The zero-order valence-corrected chi connectivity index (χ0v) is 13.5. The first-order valence-corrected chi connectivity index (χ1v) is 8.37. The summed E-state index contributed by atoms with van der Waals surface area (Å²) in [7, 11) is 0.254. The van der Waals surface area contributed by atoms with Crippen molar-refractivity contribution in [2.75, 3.05) is 25.5 Å². The fraction of sp³-hybridized carbons (Fsp3) is 0.462. The molecule has 2 aromatic heterocycles. The van der Waals surface area contributed by atoms with E-state index in [0.29, 0.717) is 12.4 Å². The number of nitrogens with one attached hydrogen (secondary N) is 1. The lowest BCUT2D eigenvalue weighted by Gasteiger charge is -2.39. The highest BCUT2D eigenvalue weighted by Crippen LogP contribution is 2.37. The van der Waals surface area contributed by atoms with Gasteiger partial charge in [0.15, 0.2) is 0 Å². The van der Waals surface area contributed by atoms with Gasteiger partial charge in [0.1, 0.15) is 16.5 Å². The van der Waals surface area contributed by atoms with Crippen LogP contribution in [0.5, 0.6) is 0 Å². The van der Waals surface area contributed by atoms with Gasteiger partial charge in [-0.15, -0.1) is 0 Å². The summed E-state index contributed by atoms with van der Waals surface area (Å²) in [5.41, 5.74) is 0.731. The van der Waals surface area contributed by atoms with E-state index in [1.165, 1.54) is 16.7 Å². The van der Waals surface area contributed by atoms with Gasteiger partial charge in [0, 0.05) is 32.9 Å². The van der Waals surface area contributed by atoms with Crippen LogP contribution in [0.1, 0.15) is 24.0 Å². The Hall–Kier alpha value is -2.00. The molecule has 2 aromatic rings. The quantitative estimate of drug-likeness (QED) is 0.891. The van der Waals surface area contributed by atoms with Crippen molar-refractivity contribution in [1.82, 2.24) is 24.5 Å². The molecular formula is C13H18N6O2S. The average molecular weight is 322 g/mol. The highest BCUT2D eigenvalue weighted by atomic mass is 32.2. The van der Waals surface area contributed by atoms with Gasteiger partial charge in [-0.1, -0.05) is 0 Å². The molecule has 1 aliphatic heterocycles. The van der Waals surface area contributed by atoms with Crippen LogP contribution in [0.3, 0.4) is 0 Å². The Morgan fingerprint density at radius 2 is 2.14 bits per heavy atom. The zero-order chi connectivity index (χ0) is 15.9. The molecule has 0 amide bonds. The summed E-state index contributed by atoms with van der Waals surface area (Å²) in [5.74, 6) is 1.41. The molecule has 1 atom stereocenters. The predicted molar refractivity (Wildman–Crippen MR) is 80.9 cm³/mol. The maximum atomic E-state index is 12.6. The molecule has 0 radical (unpaired) electrons. The molecule has 3 rings (SSSR count). The summed E-state index contributed by atoms with van der Waals surface area (Å²) in [4.78, 5) is 10.8. The van der Waals surface area contributed by atoms with E-state index in [-0.39, 0.29) is 10.9 Å². The minimum absolute atomic E-state index is 0.177. The SMILES string of the molecule is Cc1nc(C2CCN2S(=O)(=O)c2cn[nH]c2)cc(N(C)C)n1. The van der Waals surface area contributed by atoms with Crippen molar-refractivity contribution in [3.63, 3.8) is 0 Å². The monoisotopic (exact) mass is 322 g/mol. The molecule has 0 aromatic carbocycles. The van der Waals surface area contributed by atoms with Crippen LogP contribution in [0.25, 0.3) is 0 Å². The molecule has 1 saturated heterocycles. The lowest BCUT2D eigenvalue weighted by Crippen LogP contribution is -2.45. The van der Waals surface area contributed by atoms with Gasteiger partial charge in [-0.3, -0.25) is 5.10 Å². The second-order valence-corrected chi connectivity index (χ2v) is 7.34. The van der Waals surface area contributed by atoms with Gasteiger partial charge in [-0.25, -0.2) is 18.4 Å². The molecule has 22 heavy (non-hydrogen) atoms. The minimum atomic E-state index is -3.54. The standard InChI is InChI=1S/C13H18N6O2S/c1-9-16-11(6-13(17-9)18(2)3)12-4-5-19(12)22(20,21)10-7-14-15-8-10/h6-8,12H,4-5H2,1-3H3,(H,14,15). The number of hydrogen-bond donors (Lipinski definition) is 1. The van der Waals surface area contributed by atoms with Gasteiger partial charge in [-0.05, 0) is 13.3 Å². The topological polar surface area (TPSA) is 95.1 Å². The highest BCUT2D eigenvalue weighted by molar-refractivity contribution is 7.89. The van der Waals surface area contributed by atoms with Gasteiger partial charge in [0.05, 0.1) is 17.9 Å². The van der Waals surface area contributed by atoms with Crippen LogP contribution in [-0.2, 0) is 10.0 Å². The summed E-state index contributed by atoms with van der Waals surface area (Å²) in [6.07, 6.45) is 3.46. The van der Waals surface area contributed by atoms with E-state index in [1.54, 1.807) is 0 Å². The lowest BCUT2D eigenvalue weighted by atomic mass is 10.0. The number of hydrogen-bond acceptors (Lipinski definition) is 6. The van der Waals surface area contributed by atoms with Crippen LogP contribution in [-0.4, -0.2) is 53.5 Å². The Morgan fingerprint density at radius 1 is 1.36 bits per heavy atom. The van der Waals surface area contributed by atoms with Crippen molar-refractivity contribution < 1.29 is 8.42 Å². The number of nitrogens with zero attached hydrogens (tertiary/aromatic N) is 5. The van der Waals surface area contributed by atoms with Gasteiger partial charge in [0.25, 0.3) is 0 Å². The van der Waals surface area contributed by atoms with Crippen LogP contribution >= 0.6 is 0 Å². The van der Waals surface area contributed by atoms with E-state index in [0.717, 1.165) is 17.9 Å². The Balaban J connectivity index is 1.94. The van der Waals surface area contributed by atoms with Crippen LogP contribution in [0.2, 0.25) is 0 Å². The number of aromatic amines is 1. The Labute approximate surface area is 129 Å². The summed E-state index contributed by atoms with van der Waals surface area (Å²) in [6.45, 7) is 2.29. The fourth-order valence-electron chi connectivity index (χ4n) is 2.44. The molecule has 0 saturated carbocycles. The third kappa shape index (κ3) is 2.46. The number of rotatable bonds is 4. The Morgan fingerprint density at radius 3 is 2.68 bits per heavy atom. The smallest absolute Gasteiger partial charge is 0.246 e. The van der Waals surface area contributed by atoms with Gasteiger partial charge in [-0.2, -0.15) is 9.40 Å². The molecule has 1 unspecified atom stereocenters. The molecule has 118 valence electrons. The molecule has 3 heterocycles. The number of aromatic nitrogens is 4. The lowest BCUT2D eigenvalue weighted by molar-refractivity contribution is 0.197. The van der Waals surface area contributed by atoms with Gasteiger partial charge in [0.2, 0.25) is 10.0 Å². The van der Waals surface area contributed by atoms with Crippen LogP contribution < -0.4 is 4.90 Å². The highest BCUT2D eigenvalue weighted by Gasteiger charge is 2.40. The van der Waals surface area contributed by atoms with Gasteiger partial charge < -0.3 is 4.90 Å². The molecule has 1 aliphatic rings. The first-order chi connectivity index (χ1) is 10.4. The van der Waals surface area contributed by atoms with Crippen molar-refractivity contribution in [3.8, 4) is 0 Å². The van der Waals surface area contributed by atoms with Crippen molar-refractivity contribution in [3.05, 3.63) is 30.0 Å². The third-order valence-electron chi connectivity index (χ3n) is 3.69. The molecule has 9 heteroatoms. The largest absolute Gasteiger partial charge is 0.363 e. The number of anilines is 1. The van der Waals surface area contributed by atoms with E-state index in [2.05, 4.69) is 20.2 Å². The van der Waals surface area contributed by atoms with E-state index < -0.39 is 10.0 Å². The molecule has 1 fully saturated rings. The van der Waals surface area contributed by atoms with E-state index in [4.69, 9.17) is 0 Å². The van der Waals surface area contributed by atoms with Crippen LogP contribution in [0.4, 0.5) is 5.82 Å². The van der Waals surface area contributed by atoms with Crippen molar-refractivity contribution in [2.45, 2.75) is 24.3 Å². The first-order valence-electron chi connectivity index (χ1n) is 6.93. The average Bonchev–Trinajstić information content (AvgIpc) is 2.90. The van der Waals surface area contributed by atoms with Crippen molar-refractivity contribution in [2.24, 2.45) is 0 Å². The summed E-state index contributed by atoms with van der Waals surface area (Å²) in [6, 6.07) is 1.59. The van der Waals surface area contributed by atoms with Crippen molar-refractivity contribution >= 4 is 15.8 Å². The molecule has 1 N–H and O–H groups in total. The predicted octanol–water partition coefficient (Wildman–Crippen LogP) is 0.710. The zero-order valence-electron chi connectivity index (χ0n) is 12.7.